The Balaban J connectivity index is 0.000000687. The second-order valence-corrected chi connectivity index (χ2v) is 7.18. The van der Waals surface area contributed by atoms with Crippen molar-refractivity contribution in [3.8, 4) is 5.75 Å². The van der Waals surface area contributed by atoms with Crippen LogP contribution in [0.4, 0.5) is 0 Å². The quantitative estimate of drug-likeness (QED) is 0.582. The van der Waals surface area contributed by atoms with Gasteiger partial charge in [0.2, 0.25) is 5.91 Å². The van der Waals surface area contributed by atoms with Crippen LogP contribution in [-0.2, 0) is 9.59 Å². The standard InChI is InChI=1S/C17H23ClN4O3.C2H4O2/c18-12-2-3-13(15(10-12)25-9-1-4-19)17(24)22-8-7-21-6-5-20-16(23)14(21)11-22;1-2(3)4/h2-3,10,14H,1,4-9,11,19H2,(H,20,23);1H3,(H,3,4). The number of piperazine rings is 2. The van der Waals surface area contributed by atoms with Crippen molar-refractivity contribution in [3.63, 3.8) is 0 Å². The molecule has 2 fully saturated rings. The number of carbonyl (C=O) groups excluding carboxylic acids is 2. The van der Waals surface area contributed by atoms with Crippen LogP contribution in [0.5, 0.6) is 5.75 Å². The molecular weight excluding hydrogens is 400 g/mol. The van der Waals surface area contributed by atoms with Gasteiger partial charge >= 0.3 is 0 Å². The minimum atomic E-state index is -0.833. The molecule has 1 aromatic rings. The molecule has 29 heavy (non-hydrogen) atoms. The first-order valence-corrected chi connectivity index (χ1v) is 9.84. The molecule has 4 N–H and O–H groups in total. The highest BCUT2D eigenvalue weighted by Gasteiger charge is 2.37. The predicted octanol–water partition coefficient (Wildman–Crippen LogP) is 0.415. The topological polar surface area (TPSA) is 125 Å². The number of benzene rings is 1. The van der Waals surface area contributed by atoms with Crippen LogP contribution in [-0.4, -0.2) is 84.6 Å². The number of ether oxygens (including phenoxy) is 1. The monoisotopic (exact) mass is 426 g/mol. The Kier molecular flexibility index (Phi) is 8.69. The van der Waals surface area contributed by atoms with E-state index in [2.05, 4.69) is 10.2 Å². The lowest BCUT2D eigenvalue weighted by Crippen LogP contribution is -2.64. The average Bonchev–Trinajstić information content (AvgIpc) is 2.67. The van der Waals surface area contributed by atoms with E-state index in [4.69, 9.17) is 32.0 Å². The fourth-order valence-corrected chi connectivity index (χ4v) is 3.35. The lowest BCUT2D eigenvalue weighted by atomic mass is 10.1. The van der Waals surface area contributed by atoms with Gasteiger partial charge in [-0.1, -0.05) is 11.6 Å². The highest BCUT2D eigenvalue weighted by molar-refractivity contribution is 6.30. The highest BCUT2D eigenvalue weighted by Crippen LogP contribution is 2.26. The zero-order chi connectivity index (χ0) is 21.4. The smallest absolute Gasteiger partial charge is 0.300 e. The van der Waals surface area contributed by atoms with E-state index in [1.165, 1.54) is 0 Å². The van der Waals surface area contributed by atoms with E-state index in [-0.39, 0.29) is 17.9 Å². The van der Waals surface area contributed by atoms with E-state index in [0.29, 0.717) is 62.1 Å². The largest absolute Gasteiger partial charge is 0.493 e. The molecule has 0 saturated carbocycles. The highest BCUT2D eigenvalue weighted by atomic mass is 35.5. The Labute approximate surface area is 174 Å². The van der Waals surface area contributed by atoms with Crippen LogP contribution in [0.3, 0.4) is 0 Å². The summed E-state index contributed by atoms with van der Waals surface area (Å²) in [6.07, 6.45) is 0.695. The SMILES string of the molecule is CC(=O)O.NCCCOc1cc(Cl)ccc1C(=O)N1CCN2CCNC(=O)C2C1. The molecule has 9 nitrogen and oxygen atoms in total. The summed E-state index contributed by atoms with van der Waals surface area (Å²) in [7, 11) is 0. The number of carbonyl (C=O) groups is 3. The van der Waals surface area contributed by atoms with Gasteiger partial charge in [-0.25, -0.2) is 0 Å². The first kappa shape index (κ1) is 22.9. The van der Waals surface area contributed by atoms with Crippen LogP contribution in [0.15, 0.2) is 18.2 Å². The molecule has 2 heterocycles. The molecule has 0 radical (unpaired) electrons. The van der Waals surface area contributed by atoms with Gasteiger partial charge in [0.1, 0.15) is 11.8 Å². The first-order valence-electron chi connectivity index (χ1n) is 9.46. The summed E-state index contributed by atoms with van der Waals surface area (Å²) in [4.78, 5) is 37.9. The maximum Gasteiger partial charge on any atom is 0.300 e. The zero-order valence-corrected chi connectivity index (χ0v) is 17.2. The molecule has 0 spiro atoms. The summed E-state index contributed by atoms with van der Waals surface area (Å²) in [5.74, 6) is -0.529. The lowest BCUT2D eigenvalue weighted by molar-refractivity contribution is -0.134. The van der Waals surface area contributed by atoms with Crippen LogP contribution in [0.2, 0.25) is 5.02 Å². The zero-order valence-electron chi connectivity index (χ0n) is 16.4. The second kappa shape index (κ2) is 11.0. The first-order chi connectivity index (χ1) is 13.8. The molecule has 2 aliphatic rings. The molecule has 2 aliphatic heterocycles. The van der Waals surface area contributed by atoms with Crippen molar-refractivity contribution < 1.29 is 24.2 Å². The van der Waals surface area contributed by atoms with Crippen molar-refractivity contribution in [2.75, 3.05) is 45.9 Å². The summed E-state index contributed by atoms with van der Waals surface area (Å²) in [6, 6.07) is 4.72. The van der Waals surface area contributed by atoms with Crippen LogP contribution in [0.1, 0.15) is 23.7 Å². The Morgan fingerprint density at radius 2 is 2.07 bits per heavy atom. The van der Waals surface area contributed by atoms with Crippen LogP contribution < -0.4 is 15.8 Å². The number of carboxylic acids is 1. The van der Waals surface area contributed by atoms with Gasteiger partial charge in [0.15, 0.2) is 0 Å². The normalized spacial score (nSPS) is 18.8. The van der Waals surface area contributed by atoms with Gasteiger partial charge in [-0.2, -0.15) is 0 Å². The van der Waals surface area contributed by atoms with Crippen molar-refractivity contribution in [1.29, 1.82) is 0 Å². The summed E-state index contributed by atoms with van der Waals surface area (Å²) in [6.45, 7) is 5.19. The summed E-state index contributed by atoms with van der Waals surface area (Å²) in [5.41, 5.74) is 5.95. The van der Waals surface area contributed by atoms with Crippen molar-refractivity contribution in [2.24, 2.45) is 5.73 Å². The van der Waals surface area contributed by atoms with Crippen molar-refractivity contribution in [1.82, 2.24) is 15.1 Å². The minimum absolute atomic E-state index is 0.0146. The maximum atomic E-state index is 13.0. The van der Waals surface area contributed by atoms with Crippen molar-refractivity contribution in [3.05, 3.63) is 28.8 Å². The van der Waals surface area contributed by atoms with E-state index in [1.807, 2.05) is 0 Å². The van der Waals surface area contributed by atoms with Gasteiger partial charge in [0.25, 0.3) is 11.9 Å². The van der Waals surface area contributed by atoms with Crippen LogP contribution in [0.25, 0.3) is 0 Å². The number of nitrogens with two attached hydrogens (primary N) is 1. The van der Waals surface area contributed by atoms with Gasteiger partial charge in [0, 0.05) is 44.7 Å². The number of aliphatic carboxylic acids is 1. The van der Waals surface area contributed by atoms with E-state index in [0.717, 1.165) is 13.5 Å². The van der Waals surface area contributed by atoms with Crippen LogP contribution >= 0.6 is 11.6 Å². The molecule has 0 aromatic heterocycles. The summed E-state index contributed by atoms with van der Waals surface area (Å²) >= 11 is 6.04. The third-order valence-electron chi connectivity index (χ3n) is 4.56. The molecular formula is C19H27ClN4O5. The lowest BCUT2D eigenvalue weighted by Gasteiger charge is -2.43. The summed E-state index contributed by atoms with van der Waals surface area (Å²) < 4.78 is 5.70. The molecule has 1 unspecified atom stereocenters. The third kappa shape index (κ3) is 6.59. The van der Waals surface area contributed by atoms with Crippen LogP contribution in [0, 0.1) is 0 Å². The van der Waals surface area contributed by atoms with E-state index in [1.54, 1.807) is 23.1 Å². The Morgan fingerprint density at radius 3 is 2.76 bits per heavy atom. The third-order valence-corrected chi connectivity index (χ3v) is 4.79. The number of halogens is 1. The number of amides is 2. The number of nitrogens with zero attached hydrogens (tertiary/aromatic N) is 2. The van der Waals surface area contributed by atoms with Gasteiger partial charge in [-0.05, 0) is 31.2 Å². The fraction of sp³-hybridized carbons (Fsp3) is 0.526. The number of hydrogen-bond acceptors (Lipinski definition) is 6. The van der Waals surface area contributed by atoms with Crippen molar-refractivity contribution >= 4 is 29.4 Å². The van der Waals surface area contributed by atoms with Gasteiger partial charge in [0.05, 0.1) is 12.2 Å². The molecule has 0 aliphatic carbocycles. The number of hydrogen-bond donors (Lipinski definition) is 3. The molecule has 2 amide bonds. The fourth-order valence-electron chi connectivity index (χ4n) is 3.19. The number of nitrogens with one attached hydrogen (secondary N) is 1. The maximum absolute atomic E-state index is 13.0. The molecule has 3 rings (SSSR count). The number of carboxylic acid groups (broad SMARTS) is 1. The molecule has 1 atom stereocenters. The molecule has 0 bridgehead atoms. The molecule has 2 saturated heterocycles. The van der Waals surface area contributed by atoms with Crippen molar-refractivity contribution in [2.45, 2.75) is 19.4 Å². The number of rotatable bonds is 5. The van der Waals surface area contributed by atoms with E-state index in [9.17, 15) is 9.59 Å². The minimum Gasteiger partial charge on any atom is -0.493 e. The van der Waals surface area contributed by atoms with E-state index < -0.39 is 5.97 Å². The molecule has 160 valence electrons. The van der Waals surface area contributed by atoms with E-state index >= 15 is 0 Å². The number of fused-ring (bicyclic) bond motifs is 1. The van der Waals surface area contributed by atoms with Gasteiger partial charge < -0.3 is 25.8 Å². The summed E-state index contributed by atoms with van der Waals surface area (Å²) in [5, 5.41) is 10.8. The Morgan fingerprint density at radius 1 is 1.34 bits per heavy atom. The average molecular weight is 427 g/mol. The molecule has 1 aromatic carbocycles. The second-order valence-electron chi connectivity index (χ2n) is 6.74. The van der Waals surface area contributed by atoms with Gasteiger partial charge in [-0.3, -0.25) is 19.3 Å². The predicted molar refractivity (Wildman–Crippen MR) is 108 cm³/mol. The Hall–Kier alpha value is -2.36. The Bertz CT molecular complexity index is 741. The van der Waals surface area contributed by atoms with Gasteiger partial charge in [-0.15, -0.1) is 0 Å². The molecule has 10 heteroatoms.